The Balaban J connectivity index is 3.77. The Kier molecular flexibility index (Phi) is 13.5. The van der Waals surface area contributed by atoms with E-state index in [-0.39, 0.29) is 12.5 Å². The van der Waals surface area contributed by atoms with Crippen LogP contribution in [0.5, 0.6) is 0 Å². The predicted molar refractivity (Wildman–Crippen MR) is 95.5 cm³/mol. The topological polar surface area (TPSA) is 90.7 Å². The zero-order valence-corrected chi connectivity index (χ0v) is 15.8. The van der Waals surface area contributed by atoms with Gasteiger partial charge in [-0.25, -0.2) is 0 Å². The normalized spacial score (nSPS) is 12.6. The lowest BCUT2D eigenvalue weighted by atomic mass is 10.0. The number of hydrogen-bond acceptors (Lipinski definition) is 4. The Morgan fingerprint density at radius 1 is 0.875 bits per heavy atom. The second kappa shape index (κ2) is 14.2. The first-order chi connectivity index (χ1) is 11.3. The van der Waals surface area contributed by atoms with E-state index in [4.69, 9.17) is 15.2 Å². The molecule has 0 unspecified atom stereocenters. The molecule has 6 heteroatoms. The second-order valence-corrected chi connectivity index (χ2v) is 7.05. The molecule has 0 bridgehead atoms. The third kappa shape index (κ3) is 14.5. The molecule has 0 fully saturated rings. The monoisotopic (exact) mass is 344 g/mol. The van der Waals surface area contributed by atoms with Gasteiger partial charge in [0.25, 0.3) is 0 Å². The van der Waals surface area contributed by atoms with Crippen LogP contribution in [0.2, 0.25) is 0 Å². The smallest absolute Gasteiger partial charge is 0.246 e. The van der Waals surface area contributed by atoms with Gasteiger partial charge in [-0.3, -0.25) is 9.59 Å². The maximum absolute atomic E-state index is 11.8. The van der Waals surface area contributed by atoms with Crippen molar-refractivity contribution in [1.82, 2.24) is 5.32 Å². The summed E-state index contributed by atoms with van der Waals surface area (Å²) in [5.41, 5.74) is 5.35. The Labute approximate surface area is 146 Å². The van der Waals surface area contributed by atoms with E-state index < -0.39 is 11.9 Å². The standard InChI is InChI=1S/C18H36N2O4/c1-14(2)7-5-6-8-16(18(19)22)20-17(21)13-24-12-11-23-10-9-15(3)4/h14-16H,5-13H2,1-4H3,(H2,19,22)(H,20,21)/t16-/m0/s1. The Morgan fingerprint density at radius 2 is 1.46 bits per heavy atom. The van der Waals surface area contributed by atoms with E-state index in [9.17, 15) is 9.59 Å². The maximum atomic E-state index is 11.8. The molecule has 0 aromatic carbocycles. The fourth-order valence-corrected chi connectivity index (χ4v) is 2.13. The molecule has 0 aliphatic rings. The van der Waals surface area contributed by atoms with E-state index in [1.807, 2.05) is 0 Å². The van der Waals surface area contributed by atoms with Crippen LogP contribution >= 0.6 is 0 Å². The summed E-state index contributed by atoms with van der Waals surface area (Å²) in [4.78, 5) is 23.2. The summed E-state index contributed by atoms with van der Waals surface area (Å²) in [5.74, 6) is 0.445. The fourth-order valence-electron chi connectivity index (χ4n) is 2.13. The molecule has 0 aromatic rings. The summed E-state index contributed by atoms with van der Waals surface area (Å²) in [5, 5.41) is 2.64. The number of rotatable bonds is 15. The zero-order valence-electron chi connectivity index (χ0n) is 15.8. The fraction of sp³-hybridized carbons (Fsp3) is 0.889. The molecule has 24 heavy (non-hydrogen) atoms. The van der Waals surface area contributed by atoms with E-state index in [0.717, 1.165) is 25.7 Å². The summed E-state index contributed by atoms with van der Waals surface area (Å²) >= 11 is 0. The van der Waals surface area contributed by atoms with Crippen LogP contribution in [0.4, 0.5) is 0 Å². The van der Waals surface area contributed by atoms with E-state index >= 15 is 0 Å². The van der Waals surface area contributed by atoms with Gasteiger partial charge in [-0.1, -0.05) is 47.0 Å². The highest BCUT2D eigenvalue weighted by Crippen LogP contribution is 2.09. The first-order valence-electron chi connectivity index (χ1n) is 9.07. The van der Waals surface area contributed by atoms with Crippen molar-refractivity contribution in [2.75, 3.05) is 26.4 Å². The Bertz CT molecular complexity index is 346. The van der Waals surface area contributed by atoms with Gasteiger partial charge in [0, 0.05) is 6.61 Å². The van der Waals surface area contributed by atoms with Gasteiger partial charge in [-0.2, -0.15) is 0 Å². The van der Waals surface area contributed by atoms with E-state index in [1.165, 1.54) is 0 Å². The van der Waals surface area contributed by atoms with E-state index in [2.05, 4.69) is 33.0 Å². The average molecular weight is 344 g/mol. The summed E-state index contributed by atoms with van der Waals surface area (Å²) in [7, 11) is 0. The lowest BCUT2D eigenvalue weighted by Gasteiger charge is -2.16. The van der Waals surface area contributed by atoms with Gasteiger partial charge >= 0.3 is 0 Å². The molecule has 3 N–H and O–H groups in total. The largest absolute Gasteiger partial charge is 0.379 e. The summed E-state index contributed by atoms with van der Waals surface area (Å²) in [6.07, 6.45) is 4.60. The van der Waals surface area contributed by atoms with Crippen molar-refractivity contribution >= 4 is 11.8 Å². The highest BCUT2D eigenvalue weighted by molar-refractivity contribution is 5.86. The van der Waals surface area contributed by atoms with Gasteiger partial charge in [0.2, 0.25) is 11.8 Å². The molecule has 0 aliphatic carbocycles. The quantitative estimate of drug-likeness (QED) is 0.446. The number of nitrogens with two attached hydrogens (primary N) is 1. The molecule has 0 spiro atoms. The van der Waals surface area contributed by atoms with Crippen LogP contribution in [0.1, 0.15) is 59.8 Å². The van der Waals surface area contributed by atoms with Crippen LogP contribution in [0, 0.1) is 11.8 Å². The van der Waals surface area contributed by atoms with Gasteiger partial charge in [-0.05, 0) is 24.7 Å². The van der Waals surface area contributed by atoms with Crippen molar-refractivity contribution in [2.45, 2.75) is 65.8 Å². The minimum Gasteiger partial charge on any atom is -0.379 e. The lowest BCUT2D eigenvalue weighted by Crippen LogP contribution is -2.45. The molecule has 0 aliphatic heterocycles. The van der Waals surface area contributed by atoms with E-state index in [1.54, 1.807) is 0 Å². The summed E-state index contributed by atoms with van der Waals surface area (Å²) in [6, 6.07) is -0.615. The maximum Gasteiger partial charge on any atom is 0.246 e. The van der Waals surface area contributed by atoms with Crippen LogP contribution in [0.25, 0.3) is 0 Å². The molecule has 142 valence electrons. The van der Waals surface area contributed by atoms with Crippen LogP contribution in [-0.2, 0) is 19.1 Å². The molecule has 0 rings (SSSR count). The number of amides is 2. The highest BCUT2D eigenvalue weighted by Gasteiger charge is 2.17. The third-order valence-corrected chi connectivity index (χ3v) is 3.65. The van der Waals surface area contributed by atoms with E-state index in [0.29, 0.717) is 38.1 Å². The highest BCUT2D eigenvalue weighted by atomic mass is 16.5. The number of primary amides is 1. The van der Waals surface area contributed by atoms with Crippen molar-refractivity contribution in [3.05, 3.63) is 0 Å². The number of nitrogens with one attached hydrogen (secondary N) is 1. The van der Waals surface area contributed by atoms with Gasteiger partial charge < -0.3 is 20.5 Å². The SMILES string of the molecule is CC(C)CCCC[C@H](NC(=O)COCCOCCC(C)C)C(N)=O. The average Bonchev–Trinajstić information content (AvgIpc) is 2.48. The van der Waals surface area contributed by atoms with Crippen molar-refractivity contribution in [2.24, 2.45) is 17.6 Å². The van der Waals surface area contributed by atoms with Crippen molar-refractivity contribution in [1.29, 1.82) is 0 Å². The molecule has 6 nitrogen and oxygen atoms in total. The number of carbonyl (C=O) groups is 2. The van der Waals surface area contributed by atoms with Gasteiger partial charge in [0.1, 0.15) is 12.6 Å². The third-order valence-electron chi connectivity index (χ3n) is 3.65. The summed E-state index contributed by atoms with van der Waals surface area (Å²) < 4.78 is 10.7. The Hall–Kier alpha value is -1.14. The minimum absolute atomic E-state index is 0.0800. The predicted octanol–water partition coefficient (Wildman–Crippen LogP) is 2.25. The Morgan fingerprint density at radius 3 is 2.04 bits per heavy atom. The molecule has 2 amide bonds. The minimum atomic E-state index is -0.615. The van der Waals surface area contributed by atoms with Crippen LogP contribution in [-0.4, -0.2) is 44.3 Å². The molecule has 0 heterocycles. The zero-order chi connectivity index (χ0) is 18.4. The molecule has 1 atom stereocenters. The molecule has 0 radical (unpaired) electrons. The first kappa shape index (κ1) is 22.9. The first-order valence-corrected chi connectivity index (χ1v) is 9.07. The summed E-state index contributed by atoms with van der Waals surface area (Å²) in [6.45, 7) is 10.1. The number of ether oxygens (including phenoxy) is 2. The number of carbonyl (C=O) groups excluding carboxylic acids is 2. The van der Waals surface area contributed by atoms with Gasteiger partial charge in [-0.15, -0.1) is 0 Å². The molecular formula is C18H36N2O4. The molecular weight excluding hydrogens is 308 g/mol. The van der Waals surface area contributed by atoms with Crippen molar-refractivity contribution in [3.8, 4) is 0 Å². The second-order valence-electron chi connectivity index (χ2n) is 7.05. The number of hydrogen-bond donors (Lipinski definition) is 2. The lowest BCUT2D eigenvalue weighted by molar-refractivity contribution is -0.130. The molecule has 0 aromatic heterocycles. The van der Waals surface area contributed by atoms with Crippen molar-refractivity contribution < 1.29 is 19.1 Å². The van der Waals surface area contributed by atoms with Gasteiger partial charge in [0.15, 0.2) is 0 Å². The van der Waals surface area contributed by atoms with Crippen LogP contribution < -0.4 is 11.1 Å². The van der Waals surface area contributed by atoms with Gasteiger partial charge in [0.05, 0.1) is 13.2 Å². The molecule has 0 saturated carbocycles. The number of unbranched alkanes of at least 4 members (excludes halogenated alkanes) is 1. The van der Waals surface area contributed by atoms with Crippen LogP contribution in [0.15, 0.2) is 0 Å². The van der Waals surface area contributed by atoms with Crippen LogP contribution in [0.3, 0.4) is 0 Å². The van der Waals surface area contributed by atoms with Crippen molar-refractivity contribution in [3.63, 3.8) is 0 Å². The molecule has 0 saturated heterocycles.